The molecule has 1 atom stereocenters. The van der Waals surface area contributed by atoms with Crippen molar-refractivity contribution < 1.29 is 4.42 Å². The molecule has 1 heterocycles. The van der Waals surface area contributed by atoms with Gasteiger partial charge in [-0.2, -0.15) is 0 Å². The minimum atomic E-state index is 0.236. The summed E-state index contributed by atoms with van der Waals surface area (Å²) in [6.45, 7) is 6.60. The monoisotopic (exact) mass is 243 g/mol. The van der Waals surface area contributed by atoms with Crippen LogP contribution in [0.4, 0.5) is 5.69 Å². The highest BCUT2D eigenvalue weighted by Gasteiger charge is 2.14. The molecule has 0 spiro atoms. The van der Waals surface area contributed by atoms with Crippen LogP contribution in [0.1, 0.15) is 50.5 Å². The number of hydrogen-bond acceptors (Lipinski definition) is 2. The van der Waals surface area contributed by atoms with Gasteiger partial charge in [0.05, 0.1) is 12.3 Å². The van der Waals surface area contributed by atoms with Crippen molar-refractivity contribution in [3.8, 4) is 0 Å². The van der Waals surface area contributed by atoms with Crippen molar-refractivity contribution in [2.75, 3.05) is 5.32 Å². The fourth-order valence-electron chi connectivity index (χ4n) is 2.18. The average molecular weight is 243 g/mol. The molecule has 2 heteroatoms. The summed E-state index contributed by atoms with van der Waals surface area (Å²) in [4.78, 5) is 0. The van der Waals surface area contributed by atoms with Gasteiger partial charge in [-0.05, 0) is 36.1 Å². The molecule has 0 radical (unpaired) electrons. The topological polar surface area (TPSA) is 25.2 Å². The Morgan fingerprint density at radius 1 is 1.11 bits per heavy atom. The molecule has 0 amide bonds. The summed E-state index contributed by atoms with van der Waals surface area (Å²) in [6, 6.07) is 12.7. The maximum atomic E-state index is 5.50. The first-order valence-corrected chi connectivity index (χ1v) is 6.61. The molecule has 2 nitrogen and oxygen atoms in total. The number of hydrogen-bond donors (Lipinski definition) is 1. The SMILES string of the molecule is CCC(Nc1ccccc1C(C)C)c1ccco1. The molecule has 0 saturated carbocycles. The van der Waals surface area contributed by atoms with E-state index in [9.17, 15) is 0 Å². The third-order valence-electron chi connectivity index (χ3n) is 3.21. The van der Waals surface area contributed by atoms with Crippen molar-refractivity contribution in [1.29, 1.82) is 0 Å². The molecule has 0 aliphatic heterocycles. The minimum Gasteiger partial charge on any atom is -0.467 e. The summed E-state index contributed by atoms with van der Waals surface area (Å²) >= 11 is 0. The van der Waals surface area contributed by atoms with Crippen LogP contribution in [0.5, 0.6) is 0 Å². The molecule has 96 valence electrons. The molecule has 0 aliphatic rings. The molecule has 0 aliphatic carbocycles. The Balaban J connectivity index is 2.22. The average Bonchev–Trinajstić information content (AvgIpc) is 2.90. The standard InChI is InChI=1S/C16H21NO/c1-4-14(16-10-7-11-18-16)17-15-9-6-5-8-13(15)12(2)3/h5-12,14,17H,4H2,1-3H3. The summed E-state index contributed by atoms with van der Waals surface area (Å²) in [6.07, 6.45) is 2.73. The number of furan rings is 1. The van der Waals surface area contributed by atoms with E-state index < -0.39 is 0 Å². The first-order chi connectivity index (χ1) is 8.72. The quantitative estimate of drug-likeness (QED) is 0.802. The van der Waals surface area contributed by atoms with Crippen molar-refractivity contribution in [3.05, 3.63) is 54.0 Å². The second kappa shape index (κ2) is 5.76. The normalized spacial score (nSPS) is 12.7. The van der Waals surface area contributed by atoms with Crippen LogP contribution in [0.2, 0.25) is 0 Å². The smallest absolute Gasteiger partial charge is 0.125 e. The van der Waals surface area contributed by atoms with Crippen LogP contribution in [0.3, 0.4) is 0 Å². The van der Waals surface area contributed by atoms with Crippen molar-refractivity contribution >= 4 is 5.69 Å². The van der Waals surface area contributed by atoms with Crippen molar-refractivity contribution in [2.45, 2.75) is 39.2 Å². The molecule has 1 unspecified atom stereocenters. The van der Waals surface area contributed by atoms with Gasteiger partial charge in [-0.1, -0.05) is 39.0 Å². The minimum absolute atomic E-state index is 0.236. The molecule has 2 rings (SSSR count). The molecule has 0 saturated heterocycles. The molecule has 0 bridgehead atoms. The van der Waals surface area contributed by atoms with Crippen LogP contribution in [0.15, 0.2) is 47.1 Å². The van der Waals surface area contributed by atoms with Crippen molar-refractivity contribution in [2.24, 2.45) is 0 Å². The van der Waals surface area contributed by atoms with Crippen molar-refractivity contribution in [3.63, 3.8) is 0 Å². The molecular weight excluding hydrogens is 222 g/mol. The van der Waals surface area contributed by atoms with E-state index in [1.165, 1.54) is 11.3 Å². The van der Waals surface area contributed by atoms with E-state index in [0.717, 1.165) is 12.2 Å². The zero-order valence-corrected chi connectivity index (χ0v) is 11.3. The Hall–Kier alpha value is -1.70. The van der Waals surface area contributed by atoms with Gasteiger partial charge in [0.1, 0.15) is 5.76 Å². The predicted octanol–water partition coefficient (Wildman–Crippen LogP) is 4.97. The van der Waals surface area contributed by atoms with Crippen LogP contribution in [-0.2, 0) is 0 Å². The zero-order chi connectivity index (χ0) is 13.0. The first-order valence-electron chi connectivity index (χ1n) is 6.61. The first kappa shape index (κ1) is 12.7. The van der Waals surface area contributed by atoms with E-state index in [-0.39, 0.29) is 6.04 Å². The highest BCUT2D eigenvalue weighted by Crippen LogP contribution is 2.29. The number of nitrogens with one attached hydrogen (secondary N) is 1. The second-order valence-electron chi connectivity index (χ2n) is 4.86. The second-order valence-corrected chi connectivity index (χ2v) is 4.86. The number of para-hydroxylation sites is 1. The van der Waals surface area contributed by atoms with E-state index in [1.807, 2.05) is 12.1 Å². The number of benzene rings is 1. The number of rotatable bonds is 5. The lowest BCUT2D eigenvalue weighted by Crippen LogP contribution is -2.10. The van der Waals surface area contributed by atoms with E-state index in [2.05, 4.69) is 50.4 Å². The highest BCUT2D eigenvalue weighted by molar-refractivity contribution is 5.53. The summed E-state index contributed by atoms with van der Waals surface area (Å²) in [5, 5.41) is 3.59. The van der Waals surface area contributed by atoms with Crippen LogP contribution >= 0.6 is 0 Å². The van der Waals surface area contributed by atoms with Crippen LogP contribution < -0.4 is 5.32 Å². The number of anilines is 1. The van der Waals surface area contributed by atoms with Gasteiger partial charge in [0.2, 0.25) is 0 Å². The molecule has 1 aromatic carbocycles. The van der Waals surface area contributed by atoms with Gasteiger partial charge in [0.15, 0.2) is 0 Å². The fourth-order valence-corrected chi connectivity index (χ4v) is 2.18. The molecule has 1 aromatic heterocycles. The largest absolute Gasteiger partial charge is 0.467 e. The predicted molar refractivity (Wildman–Crippen MR) is 75.9 cm³/mol. The lowest BCUT2D eigenvalue weighted by molar-refractivity contribution is 0.473. The Morgan fingerprint density at radius 3 is 2.50 bits per heavy atom. The van der Waals surface area contributed by atoms with Gasteiger partial charge in [-0.15, -0.1) is 0 Å². The van der Waals surface area contributed by atoms with E-state index in [4.69, 9.17) is 4.42 Å². The summed E-state index contributed by atoms with van der Waals surface area (Å²) in [7, 11) is 0. The molecule has 18 heavy (non-hydrogen) atoms. The molecule has 2 aromatic rings. The molecular formula is C16H21NO. The van der Waals surface area contributed by atoms with Crippen LogP contribution in [-0.4, -0.2) is 0 Å². The Labute approximate surface area is 109 Å². The lowest BCUT2D eigenvalue weighted by Gasteiger charge is -2.20. The van der Waals surface area contributed by atoms with Gasteiger partial charge in [0, 0.05) is 5.69 Å². The summed E-state index contributed by atoms with van der Waals surface area (Å²) in [5.74, 6) is 1.51. The van der Waals surface area contributed by atoms with Crippen LogP contribution in [0.25, 0.3) is 0 Å². The lowest BCUT2D eigenvalue weighted by atomic mass is 10.0. The highest BCUT2D eigenvalue weighted by atomic mass is 16.3. The summed E-state index contributed by atoms with van der Waals surface area (Å²) < 4.78 is 5.50. The molecule has 1 N–H and O–H groups in total. The Bertz CT molecular complexity index is 474. The fraction of sp³-hybridized carbons (Fsp3) is 0.375. The van der Waals surface area contributed by atoms with Gasteiger partial charge in [-0.3, -0.25) is 0 Å². The summed E-state index contributed by atoms with van der Waals surface area (Å²) in [5.41, 5.74) is 2.55. The maximum absolute atomic E-state index is 5.50. The van der Waals surface area contributed by atoms with E-state index >= 15 is 0 Å². The third-order valence-corrected chi connectivity index (χ3v) is 3.21. The third kappa shape index (κ3) is 2.76. The van der Waals surface area contributed by atoms with Gasteiger partial charge < -0.3 is 9.73 Å². The van der Waals surface area contributed by atoms with Gasteiger partial charge >= 0.3 is 0 Å². The van der Waals surface area contributed by atoms with E-state index in [1.54, 1.807) is 6.26 Å². The van der Waals surface area contributed by atoms with Crippen LogP contribution in [0, 0.1) is 0 Å². The van der Waals surface area contributed by atoms with Crippen molar-refractivity contribution in [1.82, 2.24) is 0 Å². The van der Waals surface area contributed by atoms with Gasteiger partial charge in [-0.25, -0.2) is 0 Å². The molecule has 0 fully saturated rings. The maximum Gasteiger partial charge on any atom is 0.125 e. The zero-order valence-electron chi connectivity index (χ0n) is 11.3. The Kier molecular flexibility index (Phi) is 4.08. The Morgan fingerprint density at radius 2 is 1.89 bits per heavy atom. The van der Waals surface area contributed by atoms with Gasteiger partial charge in [0.25, 0.3) is 0 Å². The van der Waals surface area contributed by atoms with E-state index in [0.29, 0.717) is 5.92 Å².